The standard InChI is InChI=1S/C14H20ClFN2O2S/c1-14(20,9-21-2)8-18-13(19)17-7-6-10-11(15)4-3-5-12(10)16/h3-5,20H,6-9H2,1-2H3,(H2,17,18,19). The van der Waals surface area contributed by atoms with Gasteiger partial charge in [0.25, 0.3) is 0 Å². The molecule has 1 rings (SSSR count). The number of halogens is 2. The number of nitrogens with one attached hydrogen (secondary N) is 2. The van der Waals surface area contributed by atoms with E-state index in [4.69, 9.17) is 11.6 Å². The minimum atomic E-state index is -0.953. The van der Waals surface area contributed by atoms with Crippen LogP contribution in [0.1, 0.15) is 12.5 Å². The van der Waals surface area contributed by atoms with E-state index in [2.05, 4.69) is 10.6 Å². The van der Waals surface area contributed by atoms with Gasteiger partial charge in [-0.15, -0.1) is 0 Å². The Morgan fingerprint density at radius 1 is 1.48 bits per heavy atom. The van der Waals surface area contributed by atoms with Gasteiger partial charge in [0.1, 0.15) is 5.82 Å². The van der Waals surface area contributed by atoms with Crippen LogP contribution >= 0.6 is 23.4 Å². The number of urea groups is 1. The van der Waals surface area contributed by atoms with Crippen molar-refractivity contribution < 1.29 is 14.3 Å². The molecular formula is C14H20ClFN2O2S. The number of rotatable bonds is 7. The molecule has 1 aromatic rings. The summed E-state index contributed by atoms with van der Waals surface area (Å²) >= 11 is 7.40. The normalized spacial score (nSPS) is 13.6. The summed E-state index contributed by atoms with van der Waals surface area (Å²) in [6, 6.07) is 4.08. The molecule has 0 spiro atoms. The van der Waals surface area contributed by atoms with Gasteiger partial charge in [0, 0.05) is 29.4 Å². The maximum atomic E-state index is 13.5. The summed E-state index contributed by atoms with van der Waals surface area (Å²) in [6.07, 6.45) is 2.19. The Labute approximate surface area is 133 Å². The Hall–Kier alpha value is -0.980. The zero-order valence-corrected chi connectivity index (χ0v) is 13.7. The highest BCUT2D eigenvalue weighted by atomic mass is 35.5. The number of hydrogen-bond donors (Lipinski definition) is 3. The first-order valence-corrected chi connectivity index (χ1v) is 8.29. The first kappa shape index (κ1) is 18.1. The van der Waals surface area contributed by atoms with Gasteiger partial charge in [-0.2, -0.15) is 11.8 Å². The summed E-state index contributed by atoms with van der Waals surface area (Å²) in [7, 11) is 0. The topological polar surface area (TPSA) is 61.4 Å². The molecule has 0 heterocycles. The van der Waals surface area contributed by atoms with Crippen LogP contribution in [0.25, 0.3) is 0 Å². The van der Waals surface area contributed by atoms with Crippen molar-refractivity contribution in [3.63, 3.8) is 0 Å². The Morgan fingerprint density at radius 2 is 2.19 bits per heavy atom. The Balaban J connectivity index is 2.34. The molecule has 21 heavy (non-hydrogen) atoms. The first-order chi connectivity index (χ1) is 9.85. The fraction of sp³-hybridized carbons (Fsp3) is 0.500. The number of aliphatic hydroxyl groups is 1. The molecule has 0 fully saturated rings. The highest BCUT2D eigenvalue weighted by molar-refractivity contribution is 7.98. The second-order valence-electron chi connectivity index (χ2n) is 4.99. The number of carbonyl (C=O) groups is 1. The third-order valence-electron chi connectivity index (χ3n) is 2.81. The van der Waals surface area contributed by atoms with Crippen LogP contribution < -0.4 is 10.6 Å². The Kier molecular flexibility index (Phi) is 7.28. The smallest absolute Gasteiger partial charge is 0.314 e. The fourth-order valence-corrected chi connectivity index (χ4v) is 2.75. The maximum Gasteiger partial charge on any atom is 0.314 e. The van der Waals surface area contributed by atoms with Crippen molar-refractivity contribution in [2.24, 2.45) is 0 Å². The first-order valence-electron chi connectivity index (χ1n) is 6.51. The van der Waals surface area contributed by atoms with Gasteiger partial charge in [-0.3, -0.25) is 0 Å². The molecule has 0 aliphatic heterocycles. The van der Waals surface area contributed by atoms with Gasteiger partial charge in [0.05, 0.1) is 5.60 Å². The SMILES string of the molecule is CSCC(C)(O)CNC(=O)NCCc1c(F)cccc1Cl. The van der Waals surface area contributed by atoms with Crippen molar-refractivity contribution >= 4 is 29.4 Å². The number of carbonyl (C=O) groups excluding carboxylic acids is 1. The Morgan fingerprint density at radius 3 is 2.81 bits per heavy atom. The van der Waals surface area contributed by atoms with E-state index in [1.165, 1.54) is 23.9 Å². The second-order valence-corrected chi connectivity index (χ2v) is 6.26. The molecule has 0 aliphatic rings. The zero-order chi connectivity index (χ0) is 15.9. The van der Waals surface area contributed by atoms with E-state index in [-0.39, 0.29) is 18.9 Å². The third kappa shape index (κ3) is 6.54. The van der Waals surface area contributed by atoms with Gasteiger partial charge >= 0.3 is 6.03 Å². The summed E-state index contributed by atoms with van der Waals surface area (Å²) in [4.78, 5) is 11.6. The molecule has 0 bridgehead atoms. The lowest BCUT2D eigenvalue weighted by molar-refractivity contribution is 0.0869. The predicted molar refractivity (Wildman–Crippen MR) is 85.5 cm³/mol. The number of thioether (sulfide) groups is 1. The highest BCUT2D eigenvalue weighted by Gasteiger charge is 2.20. The molecule has 118 valence electrons. The van der Waals surface area contributed by atoms with Crippen molar-refractivity contribution in [1.82, 2.24) is 10.6 Å². The van der Waals surface area contributed by atoms with Gasteiger partial charge in [0.2, 0.25) is 0 Å². The molecule has 0 aromatic heterocycles. The van der Waals surface area contributed by atoms with E-state index < -0.39 is 11.6 Å². The van der Waals surface area contributed by atoms with Crippen LogP contribution in [0.5, 0.6) is 0 Å². The lowest BCUT2D eigenvalue weighted by atomic mass is 10.1. The summed E-state index contributed by atoms with van der Waals surface area (Å²) in [6.45, 7) is 2.07. The molecular weight excluding hydrogens is 315 g/mol. The number of benzene rings is 1. The number of amides is 2. The van der Waals surface area contributed by atoms with E-state index in [0.717, 1.165) is 0 Å². The lowest BCUT2D eigenvalue weighted by Gasteiger charge is -2.22. The third-order valence-corrected chi connectivity index (χ3v) is 4.07. The molecule has 1 aromatic carbocycles. The average molecular weight is 335 g/mol. The van der Waals surface area contributed by atoms with Gasteiger partial charge in [0.15, 0.2) is 0 Å². The summed E-state index contributed by atoms with van der Waals surface area (Å²) in [5, 5.41) is 15.4. The molecule has 0 radical (unpaired) electrons. The van der Waals surface area contributed by atoms with Crippen molar-refractivity contribution in [2.75, 3.05) is 25.1 Å². The van der Waals surface area contributed by atoms with Crippen molar-refractivity contribution in [3.8, 4) is 0 Å². The molecule has 1 unspecified atom stereocenters. The van der Waals surface area contributed by atoms with E-state index in [1.807, 2.05) is 6.26 Å². The minimum absolute atomic E-state index is 0.153. The van der Waals surface area contributed by atoms with Crippen molar-refractivity contribution in [2.45, 2.75) is 18.9 Å². The van der Waals surface area contributed by atoms with E-state index in [9.17, 15) is 14.3 Å². The van der Waals surface area contributed by atoms with Gasteiger partial charge in [-0.25, -0.2) is 9.18 Å². The molecule has 0 saturated carbocycles. The van der Waals surface area contributed by atoms with Gasteiger partial charge in [-0.05, 0) is 31.7 Å². The second kappa shape index (κ2) is 8.46. The van der Waals surface area contributed by atoms with Crippen LogP contribution in [0.15, 0.2) is 18.2 Å². The van der Waals surface area contributed by atoms with Crippen LogP contribution in [0, 0.1) is 5.82 Å². The molecule has 0 aliphatic carbocycles. The molecule has 7 heteroatoms. The van der Waals surface area contributed by atoms with Crippen LogP contribution in [-0.4, -0.2) is 41.8 Å². The fourth-order valence-electron chi connectivity index (χ4n) is 1.77. The number of hydrogen-bond acceptors (Lipinski definition) is 3. The van der Waals surface area contributed by atoms with Crippen LogP contribution in [0.4, 0.5) is 9.18 Å². The summed E-state index contributed by atoms with van der Waals surface area (Å²) < 4.78 is 13.5. The monoisotopic (exact) mass is 334 g/mol. The van der Waals surface area contributed by atoms with E-state index >= 15 is 0 Å². The maximum absolute atomic E-state index is 13.5. The summed E-state index contributed by atoms with van der Waals surface area (Å²) in [5.41, 5.74) is -0.570. The van der Waals surface area contributed by atoms with Crippen LogP contribution in [-0.2, 0) is 6.42 Å². The lowest BCUT2D eigenvalue weighted by Crippen LogP contribution is -2.46. The molecule has 4 nitrogen and oxygen atoms in total. The van der Waals surface area contributed by atoms with Crippen LogP contribution in [0.2, 0.25) is 5.02 Å². The molecule has 3 N–H and O–H groups in total. The largest absolute Gasteiger partial charge is 0.387 e. The van der Waals surface area contributed by atoms with E-state index in [1.54, 1.807) is 13.0 Å². The van der Waals surface area contributed by atoms with Crippen molar-refractivity contribution in [1.29, 1.82) is 0 Å². The van der Waals surface area contributed by atoms with Gasteiger partial charge < -0.3 is 15.7 Å². The predicted octanol–water partition coefficient (Wildman–Crippen LogP) is 2.43. The van der Waals surface area contributed by atoms with E-state index in [0.29, 0.717) is 22.8 Å². The molecule has 2 amide bonds. The Bertz CT molecular complexity index is 466. The molecule has 0 saturated heterocycles. The van der Waals surface area contributed by atoms with Crippen molar-refractivity contribution in [3.05, 3.63) is 34.6 Å². The zero-order valence-electron chi connectivity index (χ0n) is 12.1. The van der Waals surface area contributed by atoms with Gasteiger partial charge in [-0.1, -0.05) is 17.7 Å². The minimum Gasteiger partial charge on any atom is -0.387 e. The molecule has 1 atom stereocenters. The average Bonchev–Trinajstić information content (AvgIpc) is 2.40. The summed E-state index contributed by atoms with van der Waals surface area (Å²) in [5.74, 6) is 0.144. The highest BCUT2D eigenvalue weighted by Crippen LogP contribution is 2.18. The quantitative estimate of drug-likeness (QED) is 0.717. The van der Waals surface area contributed by atoms with Crippen LogP contribution in [0.3, 0.4) is 0 Å².